The zero-order valence-corrected chi connectivity index (χ0v) is 10.8. The standard InChI is InChI=1S/C8H7N3O3S3/c12-2-5-10-11-8(16-5)17-7-9-4(3-15-7)1-6(13)14/h3,12H,1-2H2,(H,13,14). The number of thiazole rings is 1. The molecule has 0 radical (unpaired) electrons. The number of nitrogens with zero attached hydrogens (tertiary/aromatic N) is 3. The van der Waals surface area contributed by atoms with Gasteiger partial charge in [-0.05, 0) is 11.8 Å². The van der Waals surface area contributed by atoms with Gasteiger partial charge in [0.1, 0.15) is 5.01 Å². The van der Waals surface area contributed by atoms with Crippen LogP contribution in [0.15, 0.2) is 14.1 Å². The lowest BCUT2D eigenvalue weighted by atomic mass is 10.3. The molecule has 90 valence electrons. The molecule has 0 atom stereocenters. The lowest BCUT2D eigenvalue weighted by molar-refractivity contribution is -0.136. The second-order valence-electron chi connectivity index (χ2n) is 2.90. The molecule has 17 heavy (non-hydrogen) atoms. The van der Waals surface area contributed by atoms with Crippen LogP contribution >= 0.6 is 34.4 Å². The highest BCUT2D eigenvalue weighted by Gasteiger charge is 2.10. The lowest BCUT2D eigenvalue weighted by Crippen LogP contribution is -1.99. The molecule has 0 amide bonds. The SMILES string of the molecule is O=C(O)Cc1csc(Sc2nnc(CO)s2)n1. The fourth-order valence-electron chi connectivity index (χ4n) is 0.989. The van der Waals surface area contributed by atoms with Gasteiger partial charge >= 0.3 is 5.97 Å². The molecule has 0 aliphatic heterocycles. The molecule has 0 spiro atoms. The molecular formula is C8H7N3O3S3. The van der Waals surface area contributed by atoms with Crippen LogP contribution in [0.25, 0.3) is 0 Å². The number of carbonyl (C=O) groups is 1. The highest BCUT2D eigenvalue weighted by molar-refractivity contribution is 8.02. The summed E-state index contributed by atoms with van der Waals surface area (Å²) in [4.78, 5) is 14.6. The maximum Gasteiger partial charge on any atom is 0.309 e. The van der Waals surface area contributed by atoms with E-state index in [2.05, 4.69) is 15.2 Å². The predicted octanol–water partition coefficient (Wildman–Crippen LogP) is 1.27. The second-order valence-corrected chi connectivity index (χ2v) is 6.31. The van der Waals surface area contributed by atoms with Crippen molar-refractivity contribution in [2.45, 2.75) is 21.7 Å². The van der Waals surface area contributed by atoms with Crippen LogP contribution in [0.4, 0.5) is 0 Å². The highest BCUT2D eigenvalue weighted by atomic mass is 32.2. The number of aromatic nitrogens is 3. The summed E-state index contributed by atoms with van der Waals surface area (Å²) in [6.07, 6.45) is -0.0743. The van der Waals surface area contributed by atoms with Crippen LogP contribution in [0.1, 0.15) is 10.7 Å². The molecule has 2 aromatic heterocycles. The molecule has 2 N–H and O–H groups in total. The van der Waals surface area contributed by atoms with Gasteiger partial charge in [-0.2, -0.15) is 0 Å². The van der Waals surface area contributed by atoms with E-state index in [9.17, 15) is 4.79 Å². The minimum absolute atomic E-state index is 0.0743. The number of aliphatic hydroxyl groups is 1. The Kier molecular flexibility index (Phi) is 4.05. The molecule has 0 bridgehead atoms. The summed E-state index contributed by atoms with van der Waals surface area (Å²) >= 11 is 3.98. The smallest absolute Gasteiger partial charge is 0.309 e. The third kappa shape index (κ3) is 3.46. The number of hydrogen-bond donors (Lipinski definition) is 2. The van der Waals surface area contributed by atoms with E-state index in [-0.39, 0.29) is 13.0 Å². The first-order valence-electron chi connectivity index (χ1n) is 4.44. The molecule has 0 aromatic carbocycles. The highest BCUT2D eigenvalue weighted by Crippen LogP contribution is 2.32. The summed E-state index contributed by atoms with van der Waals surface area (Å²) in [5.41, 5.74) is 0.539. The first-order chi connectivity index (χ1) is 8.17. The molecule has 6 nitrogen and oxygen atoms in total. The fraction of sp³-hybridized carbons (Fsp3) is 0.250. The van der Waals surface area contributed by atoms with E-state index >= 15 is 0 Å². The zero-order valence-electron chi connectivity index (χ0n) is 8.36. The van der Waals surface area contributed by atoms with Crippen molar-refractivity contribution in [3.05, 3.63) is 16.1 Å². The molecular weight excluding hydrogens is 282 g/mol. The third-order valence-electron chi connectivity index (χ3n) is 1.62. The summed E-state index contributed by atoms with van der Waals surface area (Å²) in [5, 5.41) is 27.4. The van der Waals surface area contributed by atoms with E-state index in [1.165, 1.54) is 34.4 Å². The van der Waals surface area contributed by atoms with Crippen molar-refractivity contribution in [2.24, 2.45) is 0 Å². The Hall–Kier alpha value is -1.03. The molecule has 0 unspecified atom stereocenters. The second kappa shape index (κ2) is 5.54. The van der Waals surface area contributed by atoms with Crippen LogP contribution in [0.3, 0.4) is 0 Å². The van der Waals surface area contributed by atoms with E-state index in [0.717, 1.165) is 4.34 Å². The Labute approximate surface area is 108 Å². The van der Waals surface area contributed by atoms with Gasteiger partial charge in [0, 0.05) is 5.38 Å². The van der Waals surface area contributed by atoms with E-state index in [1.54, 1.807) is 5.38 Å². The summed E-state index contributed by atoms with van der Waals surface area (Å²) in [7, 11) is 0. The molecule has 0 saturated carbocycles. The minimum Gasteiger partial charge on any atom is -0.481 e. The van der Waals surface area contributed by atoms with Crippen molar-refractivity contribution in [1.82, 2.24) is 15.2 Å². The normalized spacial score (nSPS) is 10.6. The largest absolute Gasteiger partial charge is 0.481 e. The van der Waals surface area contributed by atoms with Crippen molar-refractivity contribution in [2.75, 3.05) is 0 Å². The Morgan fingerprint density at radius 1 is 1.41 bits per heavy atom. The molecule has 9 heteroatoms. The molecule has 2 heterocycles. The summed E-state index contributed by atoms with van der Waals surface area (Å²) in [6, 6.07) is 0. The van der Waals surface area contributed by atoms with E-state index in [1.807, 2.05) is 0 Å². The monoisotopic (exact) mass is 289 g/mol. The maximum absolute atomic E-state index is 10.5. The molecule has 0 aliphatic carbocycles. The number of carboxylic acids is 1. The summed E-state index contributed by atoms with van der Waals surface area (Å²) in [5.74, 6) is -0.898. The van der Waals surface area contributed by atoms with Crippen molar-refractivity contribution in [3.63, 3.8) is 0 Å². The summed E-state index contributed by atoms with van der Waals surface area (Å²) < 4.78 is 1.41. The van der Waals surface area contributed by atoms with Crippen molar-refractivity contribution in [1.29, 1.82) is 0 Å². The van der Waals surface area contributed by atoms with Crippen LogP contribution < -0.4 is 0 Å². The Balaban J connectivity index is 2.03. The van der Waals surface area contributed by atoms with Gasteiger partial charge in [-0.1, -0.05) is 11.3 Å². The van der Waals surface area contributed by atoms with E-state index < -0.39 is 5.97 Å². The minimum atomic E-state index is -0.898. The van der Waals surface area contributed by atoms with Crippen LogP contribution in [0.2, 0.25) is 0 Å². The zero-order chi connectivity index (χ0) is 12.3. The predicted molar refractivity (Wildman–Crippen MR) is 63.4 cm³/mol. The van der Waals surface area contributed by atoms with Gasteiger partial charge in [0.05, 0.1) is 18.7 Å². The Bertz CT molecular complexity index is 525. The van der Waals surface area contributed by atoms with Crippen LogP contribution in [-0.2, 0) is 17.8 Å². The van der Waals surface area contributed by atoms with Gasteiger partial charge < -0.3 is 10.2 Å². The number of aliphatic hydroxyl groups excluding tert-OH is 1. The van der Waals surface area contributed by atoms with Gasteiger partial charge in [0.15, 0.2) is 8.68 Å². The number of hydrogen-bond acceptors (Lipinski definition) is 8. The molecule has 2 rings (SSSR count). The van der Waals surface area contributed by atoms with Crippen LogP contribution in [0, 0.1) is 0 Å². The number of carboxylic acid groups (broad SMARTS) is 1. The molecule has 2 aromatic rings. The average molecular weight is 289 g/mol. The quantitative estimate of drug-likeness (QED) is 0.855. The van der Waals surface area contributed by atoms with Gasteiger partial charge in [-0.3, -0.25) is 4.79 Å². The van der Waals surface area contributed by atoms with E-state index in [4.69, 9.17) is 10.2 Å². The molecule has 0 fully saturated rings. The fourth-order valence-corrected chi connectivity index (χ4v) is 3.78. The van der Waals surface area contributed by atoms with E-state index in [0.29, 0.717) is 15.0 Å². The average Bonchev–Trinajstić information content (AvgIpc) is 2.88. The molecule has 0 saturated heterocycles. The van der Waals surface area contributed by atoms with Gasteiger partial charge in [-0.15, -0.1) is 21.5 Å². The van der Waals surface area contributed by atoms with Gasteiger partial charge in [0.2, 0.25) is 0 Å². The first kappa shape index (κ1) is 12.4. The number of aliphatic carboxylic acids is 1. The number of rotatable bonds is 5. The van der Waals surface area contributed by atoms with Crippen molar-refractivity contribution in [3.8, 4) is 0 Å². The summed E-state index contributed by atoms with van der Waals surface area (Å²) in [6.45, 7) is -0.125. The van der Waals surface area contributed by atoms with Crippen molar-refractivity contribution >= 4 is 40.4 Å². The topological polar surface area (TPSA) is 96.2 Å². The third-order valence-corrected chi connectivity index (χ3v) is 4.57. The van der Waals surface area contributed by atoms with Crippen LogP contribution in [-0.4, -0.2) is 31.4 Å². The van der Waals surface area contributed by atoms with Crippen molar-refractivity contribution < 1.29 is 15.0 Å². The van der Waals surface area contributed by atoms with Gasteiger partial charge in [0.25, 0.3) is 0 Å². The maximum atomic E-state index is 10.5. The van der Waals surface area contributed by atoms with Crippen LogP contribution in [0.5, 0.6) is 0 Å². The molecule has 0 aliphatic rings. The van der Waals surface area contributed by atoms with Gasteiger partial charge in [-0.25, -0.2) is 4.98 Å². The Morgan fingerprint density at radius 3 is 2.88 bits per heavy atom. The first-order valence-corrected chi connectivity index (χ1v) is 6.96. The Morgan fingerprint density at radius 2 is 2.24 bits per heavy atom. The lowest BCUT2D eigenvalue weighted by Gasteiger charge is -1.89.